The zero-order valence-corrected chi connectivity index (χ0v) is 13.3. The van der Waals surface area contributed by atoms with Gasteiger partial charge in [0.1, 0.15) is 0 Å². The Morgan fingerprint density at radius 1 is 1.26 bits per heavy atom. The molecule has 0 bridgehead atoms. The minimum atomic E-state index is -0.921. The number of benzene rings is 1. The molecule has 0 radical (unpaired) electrons. The van der Waals surface area contributed by atoms with Crippen molar-refractivity contribution in [2.45, 2.75) is 19.3 Å². The maximum absolute atomic E-state index is 10.9. The Bertz CT molecular complexity index is 668. The molecular formula is C18H21N3O2. The highest BCUT2D eigenvalue weighted by atomic mass is 16.4. The van der Waals surface area contributed by atoms with Crippen molar-refractivity contribution in [2.24, 2.45) is 5.92 Å². The molecule has 0 amide bonds. The summed E-state index contributed by atoms with van der Waals surface area (Å²) < 4.78 is 0. The first kappa shape index (κ1) is 15.6. The van der Waals surface area contributed by atoms with Gasteiger partial charge >= 0.3 is 5.97 Å². The van der Waals surface area contributed by atoms with E-state index in [1.54, 1.807) is 30.5 Å². The van der Waals surface area contributed by atoms with E-state index in [2.05, 4.69) is 21.9 Å². The van der Waals surface area contributed by atoms with E-state index in [1.807, 2.05) is 6.20 Å². The summed E-state index contributed by atoms with van der Waals surface area (Å²) in [6.45, 7) is 2.31. The fourth-order valence-electron chi connectivity index (χ4n) is 3.13. The summed E-state index contributed by atoms with van der Waals surface area (Å²) in [4.78, 5) is 22.3. The maximum atomic E-state index is 10.9. The zero-order valence-electron chi connectivity index (χ0n) is 13.3. The van der Waals surface area contributed by atoms with Crippen LogP contribution < -0.4 is 0 Å². The van der Waals surface area contributed by atoms with Crippen LogP contribution in [-0.4, -0.2) is 46.1 Å². The Hall–Kier alpha value is -2.27. The van der Waals surface area contributed by atoms with Crippen molar-refractivity contribution in [2.75, 3.05) is 20.1 Å². The summed E-state index contributed by atoms with van der Waals surface area (Å²) in [5, 5.41) is 8.93. The minimum absolute atomic E-state index is 0.278. The minimum Gasteiger partial charge on any atom is -0.478 e. The molecule has 1 atom stereocenters. The Labute approximate surface area is 136 Å². The fourth-order valence-corrected chi connectivity index (χ4v) is 3.13. The average molecular weight is 311 g/mol. The highest BCUT2D eigenvalue weighted by Crippen LogP contribution is 2.20. The van der Waals surface area contributed by atoms with Crippen molar-refractivity contribution in [3.63, 3.8) is 0 Å². The van der Waals surface area contributed by atoms with E-state index in [-0.39, 0.29) is 5.56 Å². The van der Waals surface area contributed by atoms with Gasteiger partial charge in [0, 0.05) is 18.3 Å². The van der Waals surface area contributed by atoms with E-state index in [1.165, 1.54) is 19.4 Å². The SMILES string of the molecule is CN1CCC[C@H](Cc2cnc(-c3ccc(C(=O)O)cc3)cn2)C1. The molecule has 1 N–H and O–H groups in total. The molecule has 0 saturated carbocycles. The predicted octanol–water partition coefficient (Wildman–Crippen LogP) is 2.73. The van der Waals surface area contributed by atoms with Crippen molar-refractivity contribution in [3.8, 4) is 11.3 Å². The second-order valence-electron chi connectivity index (χ2n) is 6.25. The lowest BCUT2D eigenvalue weighted by molar-refractivity contribution is 0.0697. The number of hydrogen-bond acceptors (Lipinski definition) is 4. The van der Waals surface area contributed by atoms with E-state index in [4.69, 9.17) is 5.11 Å². The molecular weight excluding hydrogens is 290 g/mol. The molecule has 120 valence electrons. The van der Waals surface area contributed by atoms with Crippen LogP contribution in [0.2, 0.25) is 0 Å². The van der Waals surface area contributed by atoms with Gasteiger partial charge in [-0.2, -0.15) is 0 Å². The van der Waals surface area contributed by atoms with Crippen LogP contribution in [-0.2, 0) is 6.42 Å². The van der Waals surface area contributed by atoms with Gasteiger partial charge in [0.15, 0.2) is 0 Å². The number of carboxylic acids is 1. The fraction of sp³-hybridized carbons (Fsp3) is 0.389. The summed E-state index contributed by atoms with van der Waals surface area (Å²) in [6, 6.07) is 6.71. The maximum Gasteiger partial charge on any atom is 0.335 e. The lowest BCUT2D eigenvalue weighted by Crippen LogP contribution is -2.33. The number of piperidine rings is 1. The number of aromatic carboxylic acids is 1. The third-order valence-electron chi connectivity index (χ3n) is 4.35. The van der Waals surface area contributed by atoms with Crippen LogP contribution in [0.1, 0.15) is 28.9 Å². The summed E-state index contributed by atoms with van der Waals surface area (Å²) >= 11 is 0. The molecule has 1 saturated heterocycles. The van der Waals surface area contributed by atoms with Crippen LogP contribution >= 0.6 is 0 Å². The topological polar surface area (TPSA) is 66.3 Å². The lowest BCUT2D eigenvalue weighted by Gasteiger charge is -2.29. The van der Waals surface area contributed by atoms with Gasteiger partial charge in [0.05, 0.1) is 23.1 Å². The molecule has 5 heteroatoms. The van der Waals surface area contributed by atoms with Crippen LogP contribution in [0.4, 0.5) is 0 Å². The summed E-state index contributed by atoms with van der Waals surface area (Å²) in [7, 11) is 2.17. The smallest absolute Gasteiger partial charge is 0.335 e. The number of carboxylic acid groups (broad SMARTS) is 1. The molecule has 1 fully saturated rings. The highest BCUT2D eigenvalue weighted by molar-refractivity contribution is 5.88. The van der Waals surface area contributed by atoms with E-state index in [0.717, 1.165) is 29.9 Å². The van der Waals surface area contributed by atoms with Crippen LogP contribution in [0, 0.1) is 5.92 Å². The van der Waals surface area contributed by atoms with Crippen LogP contribution in [0.15, 0.2) is 36.7 Å². The second kappa shape index (κ2) is 6.87. The summed E-state index contributed by atoms with van der Waals surface area (Å²) in [5.74, 6) is -0.265. The molecule has 1 aliphatic heterocycles. The molecule has 1 aromatic heterocycles. The highest BCUT2D eigenvalue weighted by Gasteiger charge is 2.18. The first-order valence-electron chi connectivity index (χ1n) is 7.95. The lowest BCUT2D eigenvalue weighted by atomic mass is 9.94. The van der Waals surface area contributed by atoms with Gasteiger partial charge in [-0.25, -0.2) is 4.79 Å². The van der Waals surface area contributed by atoms with Gasteiger partial charge in [-0.1, -0.05) is 12.1 Å². The van der Waals surface area contributed by atoms with Crippen LogP contribution in [0.25, 0.3) is 11.3 Å². The predicted molar refractivity (Wildman–Crippen MR) is 88.4 cm³/mol. The van der Waals surface area contributed by atoms with Crippen molar-refractivity contribution >= 4 is 5.97 Å². The van der Waals surface area contributed by atoms with Gasteiger partial charge in [-0.3, -0.25) is 9.97 Å². The third-order valence-corrected chi connectivity index (χ3v) is 4.35. The van der Waals surface area contributed by atoms with E-state index < -0.39 is 5.97 Å². The van der Waals surface area contributed by atoms with Gasteiger partial charge < -0.3 is 10.0 Å². The normalized spacial score (nSPS) is 18.7. The third kappa shape index (κ3) is 3.93. The van der Waals surface area contributed by atoms with Crippen LogP contribution in [0.3, 0.4) is 0 Å². The van der Waals surface area contributed by atoms with Crippen LogP contribution in [0.5, 0.6) is 0 Å². The monoisotopic (exact) mass is 311 g/mol. The van der Waals surface area contributed by atoms with Gasteiger partial charge in [0.25, 0.3) is 0 Å². The molecule has 2 aromatic rings. The van der Waals surface area contributed by atoms with Crippen molar-refractivity contribution in [1.29, 1.82) is 0 Å². The number of likely N-dealkylation sites (tertiary alicyclic amines) is 1. The summed E-state index contributed by atoms with van der Waals surface area (Å²) in [5.41, 5.74) is 2.95. The van der Waals surface area contributed by atoms with Gasteiger partial charge in [-0.05, 0) is 50.9 Å². The zero-order chi connectivity index (χ0) is 16.2. The van der Waals surface area contributed by atoms with Crippen molar-refractivity contribution in [3.05, 3.63) is 47.9 Å². The molecule has 3 rings (SSSR count). The van der Waals surface area contributed by atoms with Crippen molar-refractivity contribution in [1.82, 2.24) is 14.9 Å². The Morgan fingerprint density at radius 3 is 2.65 bits per heavy atom. The first-order valence-corrected chi connectivity index (χ1v) is 7.95. The molecule has 0 spiro atoms. The molecule has 5 nitrogen and oxygen atoms in total. The Balaban J connectivity index is 1.68. The molecule has 1 aliphatic rings. The number of aromatic nitrogens is 2. The standard InChI is InChI=1S/C18H21N3O2/c1-21-8-2-3-13(12-21)9-16-10-20-17(11-19-16)14-4-6-15(7-5-14)18(22)23/h4-7,10-11,13H,2-3,8-9,12H2,1H3,(H,22,23)/t13-/m1/s1. The number of carbonyl (C=O) groups is 1. The largest absolute Gasteiger partial charge is 0.478 e. The molecule has 1 aromatic carbocycles. The second-order valence-corrected chi connectivity index (χ2v) is 6.25. The molecule has 0 unspecified atom stereocenters. The molecule has 23 heavy (non-hydrogen) atoms. The van der Waals surface area contributed by atoms with E-state index >= 15 is 0 Å². The Morgan fingerprint density at radius 2 is 2.04 bits per heavy atom. The van der Waals surface area contributed by atoms with Crippen molar-refractivity contribution < 1.29 is 9.90 Å². The van der Waals surface area contributed by atoms with Gasteiger partial charge in [-0.15, -0.1) is 0 Å². The number of nitrogens with zero attached hydrogens (tertiary/aromatic N) is 3. The Kier molecular flexibility index (Phi) is 4.67. The van der Waals surface area contributed by atoms with E-state index in [0.29, 0.717) is 5.92 Å². The van der Waals surface area contributed by atoms with E-state index in [9.17, 15) is 4.79 Å². The van der Waals surface area contributed by atoms with Gasteiger partial charge in [0.2, 0.25) is 0 Å². The number of rotatable bonds is 4. The average Bonchev–Trinajstić information content (AvgIpc) is 2.56. The quantitative estimate of drug-likeness (QED) is 0.940. The molecule has 2 heterocycles. The first-order chi connectivity index (χ1) is 11.1. The molecule has 0 aliphatic carbocycles. The number of hydrogen-bond donors (Lipinski definition) is 1. The summed E-state index contributed by atoms with van der Waals surface area (Å²) in [6.07, 6.45) is 7.09.